The fourth-order valence-electron chi connectivity index (χ4n) is 2.23. The molecule has 3 rings (SSSR count). The summed E-state index contributed by atoms with van der Waals surface area (Å²) in [5, 5.41) is 16.6. The lowest BCUT2D eigenvalue weighted by molar-refractivity contribution is 0.101. The van der Waals surface area contributed by atoms with Crippen LogP contribution in [-0.4, -0.2) is 16.2 Å². The predicted octanol–water partition coefficient (Wildman–Crippen LogP) is 4.83. The Morgan fingerprint density at radius 2 is 1.96 bits per heavy atom. The van der Waals surface area contributed by atoms with Crippen LogP contribution in [0.4, 0.5) is 5.69 Å². The zero-order valence-electron chi connectivity index (χ0n) is 13.6. The minimum Gasteiger partial charge on any atom is -0.508 e. The van der Waals surface area contributed by atoms with Gasteiger partial charge in [-0.25, -0.2) is 0 Å². The number of benzene rings is 2. The molecule has 0 saturated heterocycles. The highest BCUT2D eigenvalue weighted by atomic mass is 35.5. The Labute approximate surface area is 159 Å². The number of hydrogen-bond donors (Lipinski definition) is 2. The highest BCUT2D eigenvalue weighted by Gasteiger charge is 2.15. The average Bonchev–Trinajstić information content (AvgIpc) is 3.06. The van der Waals surface area contributed by atoms with E-state index in [-0.39, 0.29) is 18.1 Å². The summed E-state index contributed by atoms with van der Waals surface area (Å²) in [6, 6.07) is 11.1. The Morgan fingerprint density at radius 1 is 1.23 bits per heavy atom. The second kappa shape index (κ2) is 7.68. The quantitative estimate of drug-likeness (QED) is 0.607. The van der Waals surface area contributed by atoms with E-state index < -0.39 is 5.91 Å². The maximum atomic E-state index is 12.3. The molecule has 0 aliphatic rings. The second-order valence-electron chi connectivity index (χ2n) is 5.47. The molecule has 2 N–H and O–H groups in total. The first-order valence-electron chi connectivity index (χ1n) is 7.57. The lowest BCUT2D eigenvalue weighted by Gasteiger charge is -2.07. The molecule has 6 nitrogen and oxygen atoms in total. The number of hydrogen-bond acceptors (Lipinski definition) is 5. The lowest BCUT2D eigenvalue weighted by atomic mass is 10.2. The van der Waals surface area contributed by atoms with Gasteiger partial charge >= 0.3 is 0 Å². The second-order valence-corrected chi connectivity index (χ2v) is 6.29. The zero-order valence-corrected chi connectivity index (χ0v) is 15.1. The molecule has 1 amide bonds. The number of halogens is 2. The Balaban J connectivity index is 1.66. The number of aromatic hydroxyl groups is 1. The van der Waals surface area contributed by atoms with Crippen molar-refractivity contribution in [1.29, 1.82) is 0 Å². The number of anilines is 1. The van der Waals surface area contributed by atoms with Gasteiger partial charge in [-0.3, -0.25) is 4.79 Å². The van der Waals surface area contributed by atoms with Gasteiger partial charge in [-0.2, -0.15) is 0 Å². The lowest BCUT2D eigenvalue weighted by Crippen LogP contribution is -2.13. The van der Waals surface area contributed by atoms with Crippen molar-refractivity contribution < 1.29 is 19.2 Å². The summed E-state index contributed by atoms with van der Waals surface area (Å²) in [5.41, 5.74) is 1.39. The predicted molar refractivity (Wildman–Crippen MR) is 98.1 cm³/mol. The molecule has 134 valence electrons. The van der Waals surface area contributed by atoms with E-state index in [1.807, 2.05) is 0 Å². The molecule has 0 atom stereocenters. The van der Waals surface area contributed by atoms with Crippen molar-refractivity contribution in [2.24, 2.45) is 0 Å². The molecule has 0 fully saturated rings. The van der Waals surface area contributed by atoms with E-state index in [0.29, 0.717) is 27.2 Å². The van der Waals surface area contributed by atoms with Crippen molar-refractivity contribution in [2.45, 2.75) is 13.5 Å². The maximum Gasteiger partial charge on any atom is 0.277 e. The summed E-state index contributed by atoms with van der Waals surface area (Å²) < 4.78 is 10.7. The summed E-state index contributed by atoms with van der Waals surface area (Å²) in [6.07, 6.45) is 0. The number of nitrogens with zero attached hydrogens (tertiary/aromatic N) is 1. The standard InChI is InChI=1S/C18H14Cl2N2O4/c1-10-7-11(23)5-6-15(10)21-18(24)16-8-12(26-22-16)9-25-17-13(19)3-2-4-14(17)20/h2-8,23H,9H2,1H3,(H,21,24). The summed E-state index contributed by atoms with van der Waals surface area (Å²) in [5.74, 6) is 0.357. The van der Waals surface area contributed by atoms with Gasteiger partial charge in [-0.1, -0.05) is 34.4 Å². The van der Waals surface area contributed by atoms with E-state index in [2.05, 4.69) is 10.5 Å². The van der Waals surface area contributed by atoms with Crippen LogP contribution in [0, 0.1) is 6.92 Å². The SMILES string of the molecule is Cc1cc(O)ccc1NC(=O)c1cc(COc2c(Cl)cccc2Cl)on1. The molecule has 0 radical (unpaired) electrons. The first-order chi connectivity index (χ1) is 12.4. The number of carbonyl (C=O) groups excluding carboxylic acids is 1. The van der Waals surface area contributed by atoms with Crippen molar-refractivity contribution in [2.75, 3.05) is 5.32 Å². The van der Waals surface area contributed by atoms with Crippen LogP contribution in [0.15, 0.2) is 47.0 Å². The van der Waals surface area contributed by atoms with Crippen LogP contribution in [-0.2, 0) is 6.61 Å². The molecule has 2 aromatic carbocycles. The monoisotopic (exact) mass is 392 g/mol. The summed E-state index contributed by atoms with van der Waals surface area (Å²) in [7, 11) is 0. The number of carbonyl (C=O) groups is 1. The van der Waals surface area contributed by atoms with E-state index in [0.717, 1.165) is 5.56 Å². The van der Waals surface area contributed by atoms with Crippen molar-refractivity contribution in [3.63, 3.8) is 0 Å². The average molecular weight is 393 g/mol. The van der Waals surface area contributed by atoms with Crippen LogP contribution in [0.25, 0.3) is 0 Å². The van der Waals surface area contributed by atoms with Crippen LogP contribution in [0.1, 0.15) is 21.8 Å². The van der Waals surface area contributed by atoms with E-state index in [9.17, 15) is 9.90 Å². The van der Waals surface area contributed by atoms with Gasteiger partial charge in [0.2, 0.25) is 0 Å². The molecule has 1 heterocycles. The number of aryl methyl sites for hydroxylation is 1. The molecule has 0 aliphatic carbocycles. The van der Waals surface area contributed by atoms with E-state index in [1.54, 1.807) is 37.3 Å². The van der Waals surface area contributed by atoms with Gasteiger partial charge in [-0.05, 0) is 42.8 Å². The molecule has 3 aromatic rings. The molecule has 8 heteroatoms. The Hall–Kier alpha value is -2.70. The molecular weight excluding hydrogens is 379 g/mol. The number of amides is 1. The van der Waals surface area contributed by atoms with Crippen LogP contribution in [0.3, 0.4) is 0 Å². The van der Waals surface area contributed by atoms with Crippen molar-refractivity contribution in [1.82, 2.24) is 5.16 Å². The third kappa shape index (κ3) is 4.09. The van der Waals surface area contributed by atoms with Crippen LogP contribution in [0.2, 0.25) is 10.0 Å². The van der Waals surface area contributed by atoms with Crippen molar-refractivity contribution in [3.05, 3.63) is 69.5 Å². The Morgan fingerprint density at radius 3 is 2.65 bits per heavy atom. The highest BCUT2D eigenvalue weighted by molar-refractivity contribution is 6.37. The smallest absolute Gasteiger partial charge is 0.277 e. The number of phenolic OH excluding ortho intramolecular Hbond substituents is 1. The van der Waals surface area contributed by atoms with E-state index >= 15 is 0 Å². The van der Waals surface area contributed by atoms with Crippen molar-refractivity contribution >= 4 is 34.8 Å². The largest absolute Gasteiger partial charge is 0.508 e. The normalized spacial score (nSPS) is 10.6. The number of phenols is 1. The zero-order chi connectivity index (χ0) is 18.7. The topological polar surface area (TPSA) is 84.6 Å². The molecule has 0 unspecified atom stereocenters. The fourth-order valence-corrected chi connectivity index (χ4v) is 2.73. The minimum atomic E-state index is -0.440. The van der Waals surface area contributed by atoms with Gasteiger partial charge in [0.15, 0.2) is 17.2 Å². The summed E-state index contributed by atoms with van der Waals surface area (Å²) in [6.45, 7) is 1.78. The Bertz CT molecular complexity index is 936. The number of para-hydroxylation sites is 1. The highest BCUT2D eigenvalue weighted by Crippen LogP contribution is 2.33. The van der Waals surface area contributed by atoms with E-state index in [4.69, 9.17) is 32.5 Å². The van der Waals surface area contributed by atoms with Gasteiger partial charge in [-0.15, -0.1) is 0 Å². The van der Waals surface area contributed by atoms with Gasteiger partial charge in [0.25, 0.3) is 5.91 Å². The number of ether oxygens (including phenoxy) is 1. The fraction of sp³-hybridized carbons (Fsp3) is 0.111. The van der Waals surface area contributed by atoms with Gasteiger partial charge in [0, 0.05) is 11.8 Å². The molecule has 1 aromatic heterocycles. The molecule has 26 heavy (non-hydrogen) atoms. The van der Waals surface area contributed by atoms with Gasteiger partial charge < -0.3 is 19.7 Å². The van der Waals surface area contributed by atoms with Crippen LogP contribution < -0.4 is 10.1 Å². The van der Waals surface area contributed by atoms with Crippen LogP contribution >= 0.6 is 23.2 Å². The van der Waals surface area contributed by atoms with Crippen molar-refractivity contribution in [3.8, 4) is 11.5 Å². The first-order valence-corrected chi connectivity index (χ1v) is 8.33. The number of rotatable bonds is 5. The molecule has 0 aliphatic heterocycles. The molecular formula is C18H14Cl2N2O4. The number of aromatic nitrogens is 1. The van der Waals surface area contributed by atoms with Crippen LogP contribution in [0.5, 0.6) is 11.5 Å². The molecule has 0 spiro atoms. The summed E-state index contributed by atoms with van der Waals surface area (Å²) >= 11 is 12.1. The van der Waals surface area contributed by atoms with Gasteiger partial charge in [0.1, 0.15) is 12.4 Å². The van der Waals surface area contributed by atoms with E-state index in [1.165, 1.54) is 12.1 Å². The summed E-state index contributed by atoms with van der Waals surface area (Å²) in [4.78, 5) is 12.3. The molecule has 0 bridgehead atoms. The minimum absolute atomic E-state index is 0.0158. The molecule has 0 saturated carbocycles. The Kier molecular flexibility index (Phi) is 5.35. The third-order valence-corrected chi connectivity index (χ3v) is 4.12. The third-order valence-electron chi connectivity index (χ3n) is 3.53. The first kappa shape index (κ1) is 18.1. The number of nitrogens with one attached hydrogen (secondary N) is 1. The maximum absolute atomic E-state index is 12.3. The van der Waals surface area contributed by atoms with Gasteiger partial charge in [0.05, 0.1) is 10.0 Å².